The number of carboxylic acids is 1. The first kappa shape index (κ1) is 14.7. The molecule has 0 aliphatic carbocycles. The van der Waals surface area contributed by atoms with Gasteiger partial charge in [0, 0.05) is 30.4 Å². The molecule has 0 aliphatic rings. The standard InChI is InChI=1S/C13H23N3O2/c1-9-11(10(2)15(6)14-9)7-16(8-12(17)18)13(3,4)5/h7-8H2,1-6H3,(H,17,18). The number of nitrogens with zero attached hydrogens (tertiary/aromatic N) is 3. The smallest absolute Gasteiger partial charge is 0.317 e. The molecule has 0 saturated heterocycles. The van der Waals surface area contributed by atoms with Crippen LogP contribution in [0.25, 0.3) is 0 Å². The number of rotatable bonds is 4. The molecule has 0 radical (unpaired) electrons. The monoisotopic (exact) mass is 253 g/mol. The van der Waals surface area contributed by atoms with Crippen molar-refractivity contribution in [3.8, 4) is 0 Å². The van der Waals surface area contributed by atoms with E-state index in [-0.39, 0.29) is 12.1 Å². The number of carbonyl (C=O) groups is 1. The Balaban J connectivity index is 3.00. The van der Waals surface area contributed by atoms with Gasteiger partial charge in [-0.3, -0.25) is 14.4 Å². The van der Waals surface area contributed by atoms with Gasteiger partial charge in [0.25, 0.3) is 0 Å². The van der Waals surface area contributed by atoms with Gasteiger partial charge >= 0.3 is 5.97 Å². The molecule has 1 N–H and O–H groups in total. The predicted molar refractivity (Wildman–Crippen MR) is 70.5 cm³/mol. The summed E-state index contributed by atoms with van der Waals surface area (Å²) >= 11 is 0. The van der Waals surface area contributed by atoms with Crippen LogP contribution < -0.4 is 0 Å². The Labute approximate surface area is 108 Å². The van der Waals surface area contributed by atoms with Gasteiger partial charge in [0.2, 0.25) is 0 Å². The van der Waals surface area contributed by atoms with Crippen molar-refractivity contribution in [2.75, 3.05) is 6.54 Å². The summed E-state index contributed by atoms with van der Waals surface area (Å²) in [5.41, 5.74) is 2.99. The van der Waals surface area contributed by atoms with Gasteiger partial charge in [-0.15, -0.1) is 0 Å². The van der Waals surface area contributed by atoms with Gasteiger partial charge in [-0.1, -0.05) is 0 Å². The zero-order chi connectivity index (χ0) is 14.1. The maximum Gasteiger partial charge on any atom is 0.317 e. The minimum absolute atomic E-state index is 0.0390. The lowest BCUT2D eigenvalue weighted by atomic mass is 10.0. The van der Waals surface area contributed by atoms with E-state index in [1.807, 2.05) is 51.2 Å². The van der Waals surface area contributed by atoms with Crippen molar-refractivity contribution in [3.05, 3.63) is 17.0 Å². The summed E-state index contributed by atoms with van der Waals surface area (Å²) < 4.78 is 1.84. The Morgan fingerprint density at radius 3 is 2.28 bits per heavy atom. The highest BCUT2D eigenvalue weighted by Crippen LogP contribution is 2.20. The third-order valence-electron chi connectivity index (χ3n) is 3.28. The van der Waals surface area contributed by atoms with Crippen molar-refractivity contribution < 1.29 is 9.90 Å². The SMILES string of the molecule is Cc1nn(C)c(C)c1CN(CC(=O)O)C(C)(C)C. The van der Waals surface area contributed by atoms with E-state index in [0.29, 0.717) is 6.54 Å². The molecular weight excluding hydrogens is 230 g/mol. The largest absolute Gasteiger partial charge is 0.480 e. The van der Waals surface area contributed by atoms with Crippen LogP contribution in [0.1, 0.15) is 37.7 Å². The minimum Gasteiger partial charge on any atom is -0.480 e. The van der Waals surface area contributed by atoms with E-state index < -0.39 is 5.97 Å². The van der Waals surface area contributed by atoms with E-state index >= 15 is 0 Å². The van der Waals surface area contributed by atoms with E-state index in [4.69, 9.17) is 5.11 Å². The molecule has 102 valence electrons. The number of aromatic nitrogens is 2. The van der Waals surface area contributed by atoms with Gasteiger partial charge in [0.05, 0.1) is 12.2 Å². The van der Waals surface area contributed by atoms with Crippen molar-refractivity contribution in [1.29, 1.82) is 0 Å². The highest BCUT2D eigenvalue weighted by Gasteiger charge is 2.25. The molecule has 0 atom stereocenters. The summed E-state index contributed by atoms with van der Waals surface area (Å²) in [6.45, 7) is 10.7. The second-order valence-electron chi connectivity index (χ2n) is 5.69. The summed E-state index contributed by atoms with van der Waals surface area (Å²) in [6, 6.07) is 0. The zero-order valence-corrected chi connectivity index (χ0v) is 12.1. The molecule has 0 unspecified atom stereocenters. The van der Waals surface area contributed by atoms with E-state index in [0.717, 1.165) is 17.0 Å². The first-order chi connectivity index (χ1) is 8.12. The molecule has 0 saturated carbocycles. The lowest BCUT2D eigenvalue weighted by Crippen LogP contribution is -2.44. The number of hydrogen-bond donors (Lipinski definition) is 1. The van der Waals surface area contributed by atoms with Crippen LogP contribution in [0.4, 0.5) is 0 Å². The van der Waals surface area contributed by atoms with Crippen LogP contribution >= 0.6 is 0 Å². The third kappa shape index (κ3) is 3.32. The third-order valence-corrected chi connectivity index (χ3v) is 3.28. The second-order valence-corrected chi connectivity index (χ2v) is 5.69. The highest BCUT2D eigenvalue weighted by atomic mass is 16.4. The molecule has 0 aromatic carbocycles. The van der Waals surface area contributed by atoms with E-state index in [9.17, 15) is 4.79 Å². The number of aryl methyl sites for hydroxylation is 2. The molecule has 0 spiro atoms. The Hall–Kier alpha value is -1.36. The van der Waals surface area contributed by atoms with Crippen molar-refractivity contribution in [1.82, 2.24) is 14.7 Å². The van der Waals surface area contributed by atoms with E-state index in [1.165, 1.54) is 0 Å². The fraction of sp³-hybridized carbons (Fsp3) is 0.692. The van der Waals surface area contributed by atoms with Crippen molar-refractivity contribution in [3.63, 3.8) is 0 Å². The molecule has 1 rings (SSSR count). The molecule has 5 heteroatoms. The summed E-state index contributed by atoms with van der Waals surface area (Å²) in [5, 5.41) is 13.4. The molecule has 0 aliphatic heterocycles. The van der Waals surface area contributed by atoms with Crippen molar-refractivity contribution in [2.24, 2.45) is 7.05 Å². The van der Waals surface area contributed by atoms with Crippen molar-refractivity contribution >= 4 is 5.97 Å². The summed E-state index contributed by atoms with van der Waals surface area (Å²) in [5.74, 6) is -0.802. The summed E-state index contributed by atoms with van der Waals surface area (Å²) in [6.07, 6.45) is 0. The summed E-state index contributed by atoms with van der Waals surface area (Å²) in [7, 11) is 1.91. The van der Waals surface area contributed by atoms with E-state index in [2.05, 4.69) is 5.10 Å². The fourth-order valence-corrected chi connectivity index (χ4v) is 1.93. The quantitative estimate of drug-likeness (QED) is 0.887. The highest BCUT2D eigenvalue weighted by molar-refractivity contribution is 5.69. The van der Waals surface area contributed by atoms with Gasteiger partial charge in [-0.05, 0) is 34.6 Å². The first-order valence-electron chi connectivity index (χ1n) is 6.09. The topological polar surface area (TPSA) is 58.4 Å². The maximum atomic E-state index is 11.0. The Bertz CT molecular complexity index is 444. The Kier molecular flexibility index (Phi) is 4.16. The molecule has 18 heavy (non-hydrogen) atoms. The van der Waals surface area contributed by atoms with Crippen LogP contribution in [0.2, 0.25) is 0 Å². The first-order valence-corrected chi connectivity index (χ1v) is 6.09. The summed E-state index contributed by atoms with van der Waals surface area (Å²) in [4.78, 5) is 12.9. The van der Waals surface area contributed by atoms with Crippen LogP contribution in [0.5, 0.6) is 0 Å². The molecule has 1 aromatic heterocycles. The van der Waals surface area contributed by atoms with Gasteiger partial charge < -0.3 is 5.11 Å². The van der Waals surface area contributed by atoms with Gasteiger partial charge in [0.1, 0.15) is 0 Å². The molecule has 0 amide bonds. The van der Waals surface area contributed by atoms with Gasteiger partial charge in [-0.2, -0.15) is 5.10 Å². The molecule has 1 heterocycles. The Morgan fingerprint density at radius 2 is 1.94 bits per heavy atom. The second kappa shape index (κ2) is 5.10. The Morgan fingerprint density at radius 1 is 1.39 bits per heavy atom. The lowest BCUT2D eigenvalue weighted by molar-refractivity contribution is -0.139. The molecular formula is C13H23N3O2. The fourth-order valence-electron chi connectivity index (χ4n) is 1.93. The number of carboxylic acid groups (broad SMARTS) is 1. The lowest BCUT2D eigenvalue weighted by Gasteiger charge is -2.34. The predicted octanol–water partition coefficient (Wildman–Crippen LogP) is 1.72. The average molecular weight is 253 g/mol. The molecule has 0 fully saturated rings. The van der Waals surface area contributed by atoms with Crippen LogP contribution in [0.3, 0.4) is 0 Å². The van der Waals surface area contributed by atoms with Crippen LogP contribution in [-0.4, -0.2) is 37.8 Å². The minimum atomic E-state index is -0.802. The normalized spacial score (nSPS) is 12.2. The van der Waals surface area contributed by atoms with Crippen LogP contribution in [-0.2, 0) is 18.4 Å². The number of hydrogen-bond acceptors (Lipinski definition) is 3. The van der Waals surface area contributed by atoms with Gasteiger partial charge in [-0.25, -0.2) is 0 Å². The van der Waals surface area contributed by atoms with E-state index in [1.54, 1.807) is 0 Å². The number of aliphatic carboxylic acids is 1. The van der Waals surface area contributed by atoms with Crippen LogP contribution in [0, 0.1) is 13.8 Å². The molecule has 0 bridgehead atoms. The average Bonchev–Trinajstić information content (AvgIpc) is 2.41. The zero-order valence-electron chi connectivity index (χ0n) is 12.1. The molecule has 1 aromatic rings. The van der Waals surface area contributed by atoms with Crippen LogP contribution in [0.15, 0.2) is 0 Å². The molecule has 5 nitrogen and oxygen atoms in total. The van der Waals surface area contributed by atoms with Gasteiger partial charge in [0.15, 0.2) is 0 Å². The van der Waals surface area contributed by atoms with Crippen molar-refractivity contribution in [2.45, 2.75) is 46.7 Å². The maximum absolute atomic E-state index is 11.0.